The zero-order chi connectivity index (χ0) is 15.4. The molecule has 0 heterocycles. The fourth-order valence-corrected chi connectivity index (χ4v) is 2.28. The molecule has 2 rings (SSSR count). The SMILES string of the molecule is CCN(CC(=O)NCc1ccc(F)cc1)C(=O)[C@@H]1C[C@@H]1C. The fraction of sp³-hybridized carbons (Fsp3) is 0.500. The van der Waals surface area contributed by atoms with E-state index in [1.165, 1.54) is 12.1 Å². The molecule has 0 aromatic heterocycles. The van der Waals surface area contributed by atoms with Crippen molar-refractivity contribution in [3.8, 4) is 0 Å². The van der Waals surface area contributed by atoms with Crippen LogP contribution in [0, 0.1) is 17.7 Å². The van der Waals surface area contributed by atoms with Gasteiger partial charge in [-0.1, -0.05) is 19.1 Å². The van der Waals surface area contributed by atoms with Crippen LogP contribution in [0.3, 0.4) is 0 Å². The highest BCUT2D eigenvalue weighted by atomic mass is 19.1. The summed E-state index contributed by atoms with van der Waals surface area (Å²) in [5.41, 5.74) is 0.829. The van der Waals surface area contributed by atoms with E-state index >= 15 is 0 Å². The lowest BCUT2D eigenvalue weighted by Crippen LogP contribution is -2.41. The molecule has 0 spiro atoms. The van der Waals surface area contributed by atoms with Crippen LogP contribution in [0.25, 0.3) is 0 Å². The molecule has 114 valence electrons. The zero-order valence-electron chi connectivity index (χ0n) is 12.4. The maximum absolute atomic E-state index is 12.8. The number of amides is 2. The highest BCUT2D eigenvalue weighted by Crippen LogP contribution is 2.39. The summed E-state index contributed by atoms with van der Waals surface area (Å²) in [5.74, 6) is 0.111. The Balaban J connectivity index is 1.80. The Labute approximate surface area is 124 Å². The minimum Gasteiger partial charge on any atom is -0.350 e. The quantitative estimate of drug-likeness (QED) is 0.871. The van der Waals surface area contributed by atoms with Gasteiger partial charge in [-0.25, -0.2) is 4.39 Å². The lowest BCUT2D eigenvalue weighted by Gasteiger charge is -2.20. The van der Waals surface area contributed by atoms with Crippen molar-refractivity contribution in [2.45, 2.75) is 26.8 Å². The van der Waals surface area contributed by atoms with Gasteiger partial charge in [-0.3, -0.25) is 9.59 Å². The minimum absolute atomic E-state index is 0.0712. The summed E-state index contributed by atoms with van der Waals surface area (Å²) >= 11 is 0. The number of hydrogen-bond acceptors (Lipinski definition) is 2. The average Bonchev–Trinajstić information content (AvgIpc) is 3.20. The van der Waals surface area contributed by atoms with E-state index in [0.717, 1.165) is 12.0 Å². The van der Waals surface area contributed by atoms with Gasteiger partial charge in [-0.05, 0) is 37.0 Å². The van der Waals surface area contributed by atoms with Crippen molar-refractivity contribution in [3.05, 3.63) is 35.6 Å². The Bertz CT molecular complexity index is 516. The smallest absolute Gasteiger partial charge is 0.239 e. The molecule has 4 nitrogen and oxygen atoms in total. The van der Waals surface area contributed by atoms with Gasteiger partial charge in [0.1, 0.15) is 5.82 Å². The molecular formula is C16H21FN2O2. The molecule has 1 aliphatic carbocycles. The van der Waals surface area contributed by atoms with Crippen molar-refractivity contribution in [2.24, 2.45) is 11.8 Å². The van der Waals surface area contributed by atoms with E-state index in [2.05, 4.69) is 5.32 Å². The summed E-state index contributed by atoms with van der Waals surface area (Å²) in [6.07, 6.45) is 0.923. The van der Waals surface area contributed by atoms with Crippen LogP contribution in [0.4, 0.5) is 4.39 Å². The second kappa shape index (κ2) is 6.70. The maximum Gasteiger partial charge on any atom is 0.239 e. The Morgan fingerprint density at radius 3 is 2.48 bits per heavy atom. The molecule has 5 heteroatoms. The number of nitrogens with one attached hydrogen (secondary N) is 1. The molecule has 0 saturated heterocycles. The number of likely N-dealkylation sites (N-methyl/N-ethyl adjacent to an activating group) is 1. The standard InChI is InChI=1S/C16H21FN2O2/c1-3-19(16(21)14-8-11(14)2)10-15(20)18-9-12-4-6-13(17)7-5-12/h4-7,11,14H,3,8-10H2,1-2H3,(H,18,20)/t11-,14+/m0/s1. The highest BCUT2D eigenvalue weighted by Gasteiger charge is 2.41. The molecule has 2 atom stereocenters. The lowest BCUT2D eigenvalue weighted by atomic mass is 10.2. The highest BCUT2D eigenvalue weighted by molar-refractivity contribution is 5.87. The van der Waals surface area contributed by atoms with E-state index in [0.29, 0.717) is 19.0 Å². The van der Waals surface area contributed by atoms with Crippen LogP contribution in [0.15, 0.2) is 24.3 Å². The first-order valence-electron chi connectivity index (χ1n) is 7.31. The van der Waals surface area contributed by atoms with E-state index in [9.17, 15) is 14.0 Å². The number of rotatable bonds is 6. The second-order valence-corrected chi connectivity index (χ2v) is 5.58. The number of carbonyl (C=O) groups excluding carboxylic acids is 2. The zero-order valence-corrected chi connectivity index (χ0v) is 12.4. The largest absolute Gasteiger partial charge is 0.350 e. The maximum atomic E-state index is 12.8. The van der Waals surface area contributed by atoms with Crippen LogP contribution in [0.1, 0.15) is 25.8 Å². The predicted molar refractivity (Wildman–Crippen MR) is 77.8 cm³/mol. The van der Waals surface area contributed by atoms with Crippen LogP contribution in [0.2, 0.25) is 0 Å². The molecule has 21 heavy (non-hydrogen) atoms. The van der Waals surface area contributed by atoms with Crippen molar-refractivity contribution in [1.82, 2.24) is 10.2 Å². The molecule has 1 aromatic rings. The van der Waals surface area contributed by atoms with E-state index in [1.54, 1.807) is 17.0 Å². The van der Waals surface area contributed by atoms with Crippen molar-refractivity contribution in [1.29, 1.82) is 0 Å². The molecule has 0 radical (unpaired) electrons. The van der Waals surface area contributed by atoms with Crippen LogP contribution >= 0.6 is 0 Å². The molecule has 1 aliphatic rings. The number of nitrogens with zero attached hydrogens (tertiary/aromatic N) is 1. The van der Waals surface area contributed by atoms with Gasteiger partial charge in [0.25, 0.3) is 0 Å². The molecule has 1 saturated carbocycles. The van der Waals surface area contributed by atoms with Crippen LogP contribution < -0.4 is 5.32 Å². The van der Waals surface area contributed by atoms with Gasteiger partial charge >= 0.3 is 0 Å². The summed E-state index contributed by atoms with van der Waals surface area (Å²) in [4.78, 5) is 25.6. The van der Waals surface area contributed by atoms with E-state index < -0.39 is 0 Å². The summed E-state index contributed by atoms with van der Waals surface area (Å²) in [6.45, 7) is 4.87. The summed E-state index contributed by atoms with van der Waals surface area (Å²) in [6, 6.07) is 5.98. The molecule has 0 bridgehead atoms. The van der Waals surface area contributed by atoms with Gasteiger partial charge in [-0.15, -0.1) is 0 Å². The summed E-state index contributed by atoms with van der Waals surface area (Å²) in [5, 5.41) is 2.75. The van der Waals surface area contributed by atoms with Gasteiger partial charge in [0.05, 0.1) is 6.54 Å². The average molecular weight is 292 g/mol. The Morgan fingerprint density at radius 2 is 1.95 bits per heavy atom. The third kappa shape index (κ3) is 4.28. The molecule has 0 aliphatic heterocycles. The number of benzene rings is 1. The van der Waals surface area contributed by atoms with Crippen molar-refractivity contribution in [2.75, 3.05) is 13.1 Å². The second-order valence-electron chi connectivity index (χ2n) is 5.58. The molecular weight excluding hydrogens is 271 g/mol. The monoisotopic (exact) mass is 292 g/mol. The van der Waals surface area contributed by atoms with Crippen molar-refractivity contribution in [3.63, 3.8) is 0 Å². The van der Waals surface area contributed by atoms with Gasteiger partial charge in [0.15, 0.2) is 0 Å². The molecule has 1 fully saturated rings. The van der Waals surface area contributed by atoms with Gasteiger partial charge in [-0.2, -0.15) is 0 Å². The van der Waals surface area contributed by atoms with E-state index in [4.69, 9.17) is 0 Å². The lowest BCUT2D eigenvalue weighted by molar-refractivity contribution is -0.137. The first-order valence-corrected chi connectivity index (χ1v) is 7.31. The van der Waals surface area contributed by atoms with Gasteiger partial charge in [0, 0.05) is 19.0 Å². The first kappa shape index (κ1) is 15.5. The van der Waals surface area contributed by atoms with Gasteiger partial charge < -0.3 is 10.2 Å². The van der Waals surface area contributed by atoms with Crippen molar-refractivity contribution < 1.29 is 14.0 Å². The van der Waals surface area contributed by atoms with E-state index in [1.807, 2.05) is 13.8 Å². The molecule has 1 aromatic carbocycles. The fourth-order valence-electron chi connectivity index (χ4n) is 2.28. The Kier molecular flexibility index (Phi) is 4.94. The summed E-state index contributed by atoms with van der Waals surface area (Å²) in [7, 11) is 0. The Hall–Kier alpha value is -1.91. The van der Waals surface area contributed by atoms with E-state index in [-0.39, 0.29) is 30.1 Å². The third-order valence-corrected chi connectivity index (χ3v) is 3.86. The predicted octanol–water partition coefficient (Wildman–Crippen LogP) is 1.95. The van der Waals surface area contributed by atoms with Crippen LogP contribution in [-0.4, -0.2) is 29.8 Å². The first-order chi connectivity index (χ1) is 10.0. The minimum atomic E-state index is -0.300. The van der Waals surface area contributed by atoms with Crippen LogP contribution in [-0.2, 0) is 16.1 Å². The van der Waals surface area contributed by atoms with Gasteiger partial charge in [0.2, 0.25) is 11.8 Å². The van der Waals surface area contributed by atoms with Crippen LogP contribution in [0.5, 0.6) is 0 Å². The number of carbonyl (C=O) groups is 2. The third-order valence-electron chi connectivity index (χ3n) is 3.86. The molecule has 2 amide bonds. The summed E-state index contributed by atoms with van der Waals surface area (Å²) < 4.78 is 12.8. The number of hydrogen-bond donors (Lipinski definition) is 1. The topological polar surface area (TPSA) is 49.4 Å². The normalized spacial score (nSPS) is 20.0. The van der Waals surface area contributed by atoms with Crippen molar-refractivity contribution >= 4 is 11.8 Å². The molecule has 1 N–H and O–H groups in total. The number of halogens is 1. The Morgan fingerprint density at radius 1 is 1.33 bits per heavy atom. The molecule has 0 unspecified atom stereocenters.